The molecule has 42 heavy (non-hydrogen) atoms. The number of thioether (sulfide) groups is 1. The van der Waals surface area contributed by atoms with E-state index in [1.807, 2.05) is 47.8 Å². The molecule has 0 spiro atoms. The molecule has 214 valence electrons. The summed E-state index contributed by atoms with van der Waals surface area (Å²) in [5.74, 6) is -0.625. The van der Waals surface area contributed by atoms with E-state index in [-0.39, 0.29) is 18.6 Å². The Morgan fingerprint density at radius 3 is 2.52 bits per heavy atom. The second-order valence-electron chi connectivity index (χ2n) is 10.1. The van der Waals surface area contributed by atoms with E-state index < -0.39 is 29.2 Å². The number of anilines is 1. The minimum absolute atomic E-state index is 0.0436. The van der Waals surface area contributed by atoms with Crippen LogP contribution in [0.15, 0.2) is 84.2 Å². The number of amides is 3. The molecule has 2 aliphatic rings. The highest BCUT2D eigenvalue weighted by Gasteiger charge is 2.43. The number of rotatable bonds is 8. The van der Waals surface area contributed by atoms with Crippen LogP contribution in [0.1, 0.15) is 39.7 Å². The monoisotopic (exact) mass is 602 g/mol. The molecule has 1 aliphatic heterocycles. The molecule has 1 unspecified atom stereocenters. The predicted molar refractivity (Wildman–Crippen MR) is 161 cm³/mol. The topological polar surface area (TPSA) is 101 Å². The van der Waals surface area contributed by atoms with Crippen LogP contribution in [0.25, 0.3) is 11.3 Å². The van der Waals surface area contributed by atoms with Crippen LogP contribution in [0.3, 0.4) is 0 Å². The number of ether oxygens (including phenoxy) is 1. The van der Waals surface area contributed by atoms with E-state index in [4.69, 9.17) is 4.74 Å². The first kappa shape index (κ1) is 27.9. The van der Waals surface area contributed by atoms with E-state index in [1.165, 1.54) is 40.1 Å². The molecule has 6 rings (SSSR count). The van der Waals surface area contributed by atoms with Crippen LogP contribution in [0.4, 0.5) is 14.3 Å². The van der Waals surface area contributed by atoms with Crippen LogP contribution in [0.2, 0.25) is 0 Å². The molecule has 2 fully saturated rings. The molecule has 1 aliphatic carbocycles. The molecule has 8 nitrogen and oxygen atoms in total. The predicted octanol–water partition coefficient (Wildman–Crippen LogP) is 6.23. The summed E-state index contributed by atoms with van der Waals surface area (Å²) in [6.45, 7) is 0.0436. The van der Waals surface area contributed by atoms with Gasteiger partial charge in [0.25, 0.3) is 5.91 Å². The normalized spacial score (nSPS) is 18.0. The number of carbonyl (C=O) groups is 3. The van der Waals surface area contributed by atoms with Crippen molar-refractivity contribution in [1.82, 2.24) is 15.2 Å². The Bertz CT molecular complexity index is 1590. The average molecular weight is 603 g/mol. The number of benzene rings is 3. The lowest BCUT2D eigenvalue weighted by Gasteiger charge is -2.28. The quantitative estimate of drug-likeness (QED) is 0.248. The smallest absolute Gasteiger partial charge is 0.412 e. The van der Waals surface area contributed by atoms with E-state index in [0.717, 1.165) is 24.0 Å². The number of thiazole rings is 1. The van der Waals surface area contributed by atoms with Crippen molar-refractivity contribution in [2.75, 3.05) is 11.1 Å². The van der Waals surface area contributed by atoms with Crippen molar-refractivity contribution in [2.45, 2.75) is 36.9 Å². The van der Waals surface area contributed by atoms with Crippen molar-refractivity contribution < 1.29 is 23.5 Å². The summed E-state index contributed by atoms with van der Waals surface area (Å²) in [7, 11) is 0. The van der Waals surface area contributed by atoms with Crippen LogP contribution < -0.4 is 10.6 Å². The second kappa shape index (κ2) is 12.3. The zero-order chi connectivity index (χ0) is 29.1. The van der Waals surface area contributed by atoms with Gasteiger partial charge in [-0.05, 0) is 48.2 Å². The Kier molecular flexibility index (Phi) is 8.20. The number of carbonyl (C=O) groups excluding carboxylic acids is 3. The number of nitrogens with one attached hydrogen (secondary N) is 2. The third-order valence-corrected chi connectivity index (χ3v) is 9.02. The van der Waals surface area contributed by atoms with Crippen LogP contribution >= 0.6 is 23.1 Å². The van der Waals surface area contributed by atoms with Crippen molar-refractivity contribution in [3.63, 3.8) is 0 Å². The van der Waals surface area contributed by atoms with Crippen LogP contribution in [-0.4, -0.2) is 45.6 Å². The van der Waals surface area contributed by atoms with Gasteiger partial charge >= 0.3 is 6.09 Å². The maximum absolute atomic E-state index is 14.1. The zero-order valence-corrected chi connectivity index (χ0v) is 24.0. The molecular formula is C31H27FN4O4S2. The Hall–Kier alpha value is -4.22. The van der Waals surface area contributed by atoms with Crippen molar-refractivity contribution in [3.8, 4) is 11.3 Å². The fraction of sp³-hybridized carbons (Fsp3) is 0.226. The highest BCUT2D eigenvalue weighted by atomic mass is 32.2. The summed E-state index contributed by atoms with van der Waals surface area (Å²) in [5.41, 5.74) is 3.43. The molecule has 2 heterocycles. The summed E-state index contributed by atoms with van der Waals surface area (Å²) < 4.78 is 19.7. The van der Waals surface area contributed by atoms with Gasteiger partial charge in [-0.25, -0.2) is 14.2 Å². The molecule has 1 saturated carbocycles. The fourth-order valence-corrected chi connectivity index (χ4v) is 6.72. The Morgan fingerprint density at radius 2 is 1.79 bits per heavy atom. The molecule has 0 bridgehead atoms. The highest BCUT2D eigenvalue weighted by Crippen LogP contribution is 2.42. The summed E-state index contributed by atoms with van der Waals surface area (Å²) in [6, 6.07) is 21.9. The third kappa shape index (κ3) is 6.47. The van der Waals surface area contributed by atoms with Gasteiger partial charge in [-0.15, -0.1) is 23.1 Å². The van der Waals surface area contributed by atoms with Gasteiger partial charge in [-0.3, -0.25) is 14.5 Å². The Balaban J connectivity index is 1.15. The van der Waals surface area contributed by atoms with Crippen LogP contribution in [0.5, 0.6) is 0 Å². The number of halogens is 1. The van der Waals surface area contributed by atoms with Gasteiger partial charge in [0.1, 0.15) is 23.8 Å². The summed E-state index contributed by atoms with van der Waals surface area (Å²) >= 11 is 2.63. The first-order valence-corrected chi connectivity index (χ1v) is 15.4. The summed E-state index contributed by atoms with van der Waals surface area (Å²) in [6.07, 6.45) is 1.38. The van der Waals surface area contributed by atoms with E-state index >= 15 is 0 Å². The SMILES string of the molecule is O=C(NC1CC1)c1ccc(-c2csc(NC(=O)[C@@H]3CSC(c4cccc(F)c4)N3C(=O)OCc3ccccc3)n2)cc1. The lowest BCUT2D eigenvalue weighted by molar-refractivity contribution is -0.120. The van der Waals surface area contributed by atoms with Gasteiger partial charge in [0.05, 0.1) is 5.69 Å². The first-order valence-electron chi connectivity index (χ1n) is 13.5. The molecule has 2 atom stereocenters. The van der Waals surface area contributed by atoms with Crippen LogP contribution in [0, 0.1) is 5.82 Å². The second-order valence-corrected chi connectivity index (χ2v) is 12.0. The zero-order valence-electron chi connectivity index (χ0n) is 22.4. The lowest BCUT2D eigenvalue weighted by Crippen LogP contribution is -2.45. The van der Waals surface area contributed by atoms with Crippen molar-refractivity contribution in [1.29, 1.82) is 0 Å². The van der Waals surface area contributed by atoms with Crippen molar-refractivity contribution in [3.05, 3.63) is 107 Å². The molecule has 1 saturated heterocycles. The third-order valence-electron chi connectivity index (χ3n) is 6.94. The molecule has 1 aromatic heterocycles. The van der Waals surface area contributed by atoms with Crippen LogP contribution in [-0.2, 0) is 16.1 Å². The van der Waals surface area contributed by atoms with Gasteiger partial charge < -0.3 is 15.4 Å². The van der Waals surface area contributed by atoms with E-state index in [1.54, 1.807) is 24.3 Å². The fourth-order valence-electron chi connectivity index (χ4n) is 4.58. The Labute approximate surface area is 250 Å². The minimum atomic E-state index is -0.858. The van der Waals surface area contributed by atoms with Crippen molar-refractivity contribution in [2.24, 2.45) is 0 Å². The Morgan fingerprint density at radius 1 is 1.00 bits per heavy atom. The van der Waals surface area contributed by atoms with E-state index in [2.05, 4.69) is 15.6 Å². The van der Waals surface area contributed by atoms with Gasteiger partial charge in [0.2, 0.25) is 5.91 Å². The summed E-state index contributed by atoms with van der Waals surface area (Å²) in [5, 5.41) is 7.41. The maximum atomic E-state index is 14.1. The van der Waals surface area contributed by atoms with E-state index in [0.29, 0.717) is 27.7 Å². The summed E-state index contributed by atoms with van der Waals surface area (Å²) in [4.78, 5) is 45.0. The molecule has 2 N–H and O–H groups in total. The van der Waals surface area contributed by atoms with Gasteiger partial charge in [0.15, 0.2) is 5.13 Å². The number of nitrogens with zero attached hydrogens (tertiary/aromatic N) is 2. The molecular weight excluding hydrogens is 575 g/mol. The molecule has 0 radical (unpaired) electrons. The average Bonchev–Trinajstić information content (AvgIpc) is 3.50. The number of aromatic nitrogens is 1. The van der Waals surface area contributed by atoms with Gasteiger partial charge in [-0.2, -0.15) is 0 Å². The highest BCUT2D eigenvalue weighted by molar-refractivity contribution is 7.99. The standard InChI is InChI=1S/C31H27FN4O4S2/c32-23-8-4-7-22(15-23)29-36(31(39)40-16-19-5-2-1-3-6-19)26(18-41-29)28(38)35-30-34-25(17-42-30)20-9-11-21(12-10-20)27(37)33-24-13-14-24/h1-12,15,17,24,26,29H,13-14,16,18H2,(H,33,37)(H,34,35,38)/t26-,29?/m0/s1. The molecule has 3 amide bonds. The minimum Gasteiger partial charge on any atom is -0.444 e. The van der Waals surface area contributed by atoms with E-state index in [9.17, 15) is 18.8 Å². The van der Waals surface area contributed by atoms with Gasteiger partial charge in [0, 0.05) is 28.3 Å². The van der Waals surface area contributed by atoms with Crippen molar-refractivity contribution >= 4 is 46.1 Å². The molecule has 11 heteroatoms. The lowest BCUT2D eigenvalue weighted by atomic mass is 10.1. The molecule has 3 aromatic carbocycles. The molecule has 4 aromatic rings. The largest absolute Gasteiger partial charge is 0.444 e. The maximum Gasteiger partial charge on any atom is 0.412 e. The first-order chi connectivity index (χ1) is 20.4. The number of hydrogen-bond donors (Lipinski definition) is 2. The van der Waals surface area contributed by atoms with Gasteiger partial charge in [-0.1, -0.05) is 54.6 Å². The number of hydrogen-bond acceptors (Lipinski definition) is 7.